The van der Waals surface area contributed by atoms with Crippen molar-refractivity contribution in [3.05, 3.63) is 29.6 Å². The quantitative estimate of drug-likeness (QED) is 0.704. The van der Waals surface area contributed by atoms with Crippen LogP contribution in [0.1, 0.15) is 38.3 Å². The van der Waals surface area contributed by atoms with E-state index in [0.717, 1.165) is 25.1 Å². The van der Waals surface area contributed by atoms with Gasteiger partial charge in [0, 0.05) is 12.0 Å². The van der Waals surface area contributed by atoms with Crippen molar-refractivity contribution in [2.24, 2.45) is 0 Å². The normalized spacial score (nSPS) is 10.8. The fraction of sp³-hybridized carbons (Fsp3) is 0.500. The Balaban J connectivity index is 2.99. The van der Waals surface area contributed by atoms with Crippen LogP contribution in [0.4, 0.5) is 8.78 Å². The minimum absolute atomic E-state index is 0.0978. The highest BCUT2D eigenvalue weighted by atomic mass is 19.1. The molecule has 0 N–H and O–H groups in total. The standard InChI is InChI=1S/C10H13F2N/c1-3-7(4-2)10-9(12)5-8(11)6-13-10/h5-7H,3-4H2,1-2H3. The first-order valence-corrected chi connectivity index (χ1v) is 4.50. The Hall–Kier alpha value is -0.990. The highest BCUT2D eigenvalue weighted by Gasteiger charge is 2.13. The average Bonchev–Trinajstić information content (AvgIpc) is 2.10. The monoisotopic (exact) mass is 185 g/mol. The van der Waals surface area contributed by atoms with Crippen molar-refractivity contribution in [3.63, 3.8) is 0 Å². The van der Waals surface area contributed by atoms with Crippen molar-refractivity contribution in [1.82, 2.24) is 4.98 Å². The van der Waals surface area contributed by atoms with Gasteiger partial charge in [0.05, 0.1) is 11.9 Å². The zero-order valence-corrected chi connectivity index (χ0v) is 7.85. The minimum Gasteiger partial charge on any atom is -0.255 e. The molecule has 0 unspecified atom stereocenters. The van der Waals surface area contributed by atoms with Crippen LogP contribution in [0.2, 0.25) is 0 Å². The van der Waals surface area contributed by atoms with Gasteiger partial charge in [0.2, 0.25) is 0 Å². The predicted octanol–water partition coefficient (Wildman–Crippen LogP) is 3.26. The lowest BCUT2D eigenvalue weighted by Crippen LogP contribution is -2.03. The molecule has 0 fully saturated rings. The first kappa shape index (κ1) is 10.1. The molecule has 0 radical (unpaired) electrons. The molecule has 0 atom stereocenters. The highest BCUT2D eigenvalue weighted by Crippen LogP contribution is 2.23. The zero-order valence-electron chi connectivity index (χ0n) is 7.85. The summed E-state index contributed by atoms with van der Waals surface area (Å²) in [5.41, 5.74) is 0.381. The summed E-state index contributed by atoms with van der Waals surface area (Å²) in [5.74, 6) is -1.05. The van der Waals surface area contributed by atoms with Gasteiger partial charge < -0.3 is 0 Å². The molecule has 1 heterocycles. The van der Waals surface area contributed by atoms with Crippen molar-refractivity contribution in [2.45, 2.75) is 32.6 Å². The first-order valence-electron chi connectivity index (χ1n) is 4.50. The van der Waals surface area contributed by atoms with Gasteiger partial charge in [-0.05, 0) is 12.8 Å². The van der Waals surface area contributed by atoms with E-state index in [9.17, 15) is 8.78 Å². The van der Waals surface area contributed by atoms with Gasteiger partial charge in [-0.3, -0.25) is 4.98 Å². The Labute approximate surface area is 76.8 Å². The van der Waals surface area contributed by atoms with Gasteiger partial charge in [-0.15, -0.1) is 0 Å². The topological polar surface area (TPSA) is 12.9 Å². The number of aromatic nitrogens is 1. The van der Waals surface area contributed by atoms with Crippen LogP contribution >= 0.6 is 0 Å². The molecule has 1 rings (SSSR count). The van der Waals surface area contributed by atoms with Crippen LogP contribution in [0.5, 0.6) is 0 Å². The minimum atomic E-state index is -0.618. The molecule has 1 aromatic rings. The molecule has 0 saturated carbocycles. The number of rotatable bonds is 3. The Bertz CT molecular complexity index is 282. The Morgan fingerprint density at radius 1 is 1.31 bits per heavy atom. The molecule has 72 valence electrons. The van der Waals surface area contributed by atoms with Gasteiger partial charge >= 0.3 is 0 Å². The van der Waals surface area contributed by atoms with E-state index in [4.69, 9.17) is 0 Å². The number of hydrogen-bond acceptors (Lipinski definition) is 1. The van der Waals surface area contributed by atoms with Gasteiger partial charge in [-0.1, -0.05) is 13.8 Å². The third-order valence-corrected chi connectivity index (χ3v) is 2.21. The van der Waals surface area contributed by atoms with Crippen molar-refractivity contribution in [3.8, 4) is 0 Å². The highest BCUT2D eigenvalue weighted by molar-refractivity contribution is 5.13. The molecular formula is C10H13F2N. The molecule has 0 spiro atoms. The molecule has 3 heteroatoms. The summed E-state index contributed by atoms with van der Waals surface area (Å²) < 4.78 is 25.7. The second-order valence-corrected chi connectivity index (χ2v) is 3.03. The van der Waals surface area contributed by atoms with Gasteiger partial charge in [0.1, 0.15) is 11.6 Å². The van der Waals surface area contributed by atoms with Gasteiger partial charge in [-0.2, -0.15) is 0 Å². The smallest absolute Gasteiger partial charge is 0.147 e. The summed E-state index contributed by atoms with van der Waals surface area (Å²) in [6.45, 7) is 3.94. The molecule has 0 bridgehead atoms. The summed E-state index contributed by atoms with van der Waals surface area (Å²) in [5, 5.41) is 0. The molecule has 0 saturated heterocycles. The van der Waals surface area contributed by atoms with Gasteiger partial charge in [0.15, 0.2) is 0 Å². The van der Waals surface area contributed by atoms with Crippen LogP contribution in [0.25, 0.3) is 0 Å². The van der Waals surface area contributed by atoms with E-state index < -0.39 is 11.6 Å². The zero-order chi connectivity index (χ0) is 9.84. The van der Waals surface area contributed by atoms with Crippen molar-refractivity contribution in [1.29, 1.82) is 0 Å². The maximum absolute atomic E-state index is 13.2. The molecular weight excluding hydrogens is 172 g/mol. The maximum Gasteiger partial charge on any atom is 0.147 e. The fourth-order valence-electron chi connectivity index (χ4n) is 1.40. The molecule has 0 aliphatic heterocycles. The molecule has 1 nitrogen and oxygen atoms in total. The maximum atomic E-state index is 13.2. The third kappa shape index (κ3) is 2.23. The van der Waals surface area contributed by atoms with Gasteiger partial charge in [0.25, 0.3) is 0 Å². The van der Waals surface area contributed by atoms with E-state index in [-0.39, 0.29) is 5.92 Å². The lowest BCUT2D eigenvalue weighted by atomic mass is 9.98. The van der Waals surface area contributed by atoms with Crippen LogP contribution in [0.3, 0.4) is 0 Å². The molecule has 0 aliphatic rings. The molecule has 13 heavy (non-hydrogen) atoms. The summed E-state index contributed by atoms with van der Waals surface area (Å²) in [6.07, 6.45) is 2.72. The predicted molar refractivity (Wildman–Crippen MR) is 47.5 cm³/mol. The van der Waals surface area contributed by atoms with Crippen molar-refractivity contribution >= 4 is 0 Å². The van der Waals surface area contributed by atoms with Gasteiger partial charge in [-0.25, -0.2) is 8.78 Å². The van der Waals surface area contributed by atoms with Crippen LogP contribution in [0, 0.1) is 11.6 Å². The van der Waals surface area contributed by atoms with Crippen LogP contribution < -0.4 is 0 Å². The SMILES string of the molecule is CCC(CC)c1ncc(F)cc1F. The van der Waals surface area contributed by atoms with Crippen molar-refractivity contribution in [2.75, 3.05) is 0 Å². The average molecular weight is 185 g/mol. The van der Waals surface area contributed by atoms with E-state index in [0.29, 0.717) is 5.69 Å². The molecule has 0 aromatic carbocycles. The van der Waals surface area contributed by atoms with Crippen LogP contribution in [-0.4, -0.2) is 4.98 Å². The Kier molecular flexibility index (Phi) is 3.34. The number of pyridine rings is 1. The van der Waals surface area contributed by atoms with Crippen LogP contribution in [0.15, 0.2) is 12.3 Å². The Morgan fingerprint density at radius 3 is 2.38 bits per heavy atom. The first-order chi connectivity index (χ1) is 6.19. The largest absolute Gasteiger partial charge is 0.255 e. The lowest BCUT2D eigenvalue weighted by Gasteiger charge is -2.11. The molecule has 0 aliphatic carbocycles. The second kappa shape index (κ2) is 4.30. The number of nitrogens with zero attached hydrogens (tertiary/aromatic N) is 1. The van der Waals surface area contributed by atoms with Crippen molar-refractivity contribution < 1.29 is 8.78 Å². The number of halogens is 2. The fourth-order valence-corrected chi connectivity index (χ4v) is 1.40. The summed E-state index contributed by atoms with van der Waals surface area (Å²) >= 11 is 0. The summed E-state index contributed by atoms with van der Waals surface area (Å²) in [7, 11) is 0. The van der Waals surface area contributed by atoms with E-state index in [1.54, 1.807) is 0 Å². The van der Waals surface area contributed by atoms with Crippen LogP contribution in [-0.2, 0) is 0 Å². The Morgan fingerprint density at radius 2 is 1.92 bits per heavy atom. The third-order valence-electron chi connectivity index (χ3n) is 2.21. The van der Waals surface area contributed by atoms with E-state index >= 15 is 0 Å². The number of hydrogen-bond donors (Lipinski definition) is 0. The van der Waals surface area contributed by atoms with E-state index in [2.05, 4.69) is 4.98 Å². The van der Waals surface area contributed by atoms with E-state index in [1.165, 1.54) is 0 Å². The second-order valence-electron chi connectivity index (χ2n) is 3.03. The molecule has 1 aromatic heterocycles. The lowest BCUT2D eigenvalue weighted by molar-refractivity contribution is 0.520. The van der Waals surface area contributed by atoms with E-state index in [1.807, 2.05) is 13.8 Å². The molecule has 0 amide bonds. The summed E-state index contributed by atoms with van der Waals surface area (Å²) in [6, 6.07) is 0.890. The summed E-state index contributed by atoms with van der Waals surface area (Å²) in [4.78, 5) is 3.77.